The topological polar surface area (TPSA) is 199 Å². The Morgan fingerprint density at radius 1 is 0.962 bits per heavy atom. The number of aliphatic imine (C=N–C) groups is 1. The number of primary amides is 1. The van der Waals surface area contributed by atoms with E-state index in [0.29, 0.717) is 24.1 Å². The minimum atomic E-state index is -1.48. The predicted molar refractivity (Wildman–Crippen MR) is 189 cm³/mol. The van der Waals surface area contributed by atoms with Crippen LogP contribution in [0.25, 0.3) is 10.8 Å². The molecule has 52 heavy (non-hydrogen) atoms. The average molecular weight is 712 g/mol. The summed E-state index contributed by atoms with van der Waals surface area (Å²) in [4.78, 5) is 74.2. The van der Waals surface area contributed by atoms with Gasteiger partial charge >= 0.3 is 0 Å². The highest BCUT2D eigenvalue weighted by atomic mass is 16.5. The van der Waals surface area contributed by atoms with E-state index in [-0.39, 0.29) is 57.1 Å². The number of hydrogen-bond donors (Lipinski definition) is 3. The lowest BCUT2D eigenvalue weighted by Crippen LogP contribution is -2.62. The van der Waals surface area contributed by atoms with Crippen LogP contribution in [0.3, 0.4) is 0 Å². The maximum absolute atomic E-state index is 14.8. The summed E-state index contributed by atoms with van der Waals surface area (Å²) in [5.74, 6) is -3.58. The summed E-state index contributed by atoms with van der Waals surface area (Å²) in [6.45, 7) is 0.0911. The van der Waals surface area contributed by atoms with Crippen molar-refractivity contribution in [3.8, 4) is 0 Å². The largest absolute Gasteiger partial charge is 0.379 e. The van der Waals surface area contributed by atoms with E-state index >= 15 is 0 Å². The third-order valence-electron chi connectivity index (χ3n) is 11.3. The molecule has 4 aliphatic rings. The maximum Gasteiger partial charge on any atom is 0.287 e. The predicted octanol–water partition coefficient (Wildman–Crippen LogP) is 2.92. The van der Waals surface area contributed by atoms with Gasteiger partial charge in [0.25, 0.3) is 17.7 Å². The van der Waals surface area contributed by atoms with Crippen molar-refractivity contribution in [1.29, 1.82) is 0 Å². The van der Waals surface area contributed by atoms with E-state index in [9.17, 15) is 29.1 Å². The van der Waals surface area contributed by atoms with E-state index in [2.05, 4.69) is 20.6 Å². The molecule has 3 aromatic rings. The molecule has 0 unspecified atom stereocenters. The van der Waals surface area contributed by atoms with Crippen LogP contribution in [0.2, 0.25) is 0 Å². The number of hydrogen-bond acceptors (Lipinski definition) is 9. The lowest BCUT2D eigenvalue weighted by atomic mass is 9.78. The van der Waals surface area contributed by atoms with Crippen LogP contribution in [0.5, 0.6) is 0 Å². The van der Waals surface area contributed by atoms with Crippen molar-refractivity contribution in [2.75, 3.05) is 19.8 Å². The number of carbonyl (C=O) groups excluding carboxylic acids is 5. The normalized spacial score (nSPS) is 23.2. The van der Waals surface area contributed by atoms with Crippen molar-refractivity contribution < 1.29 is 33.8 Å². The summed E-state index contributed by atoms with van der Waals surface area (Å²) in [5.41, 5.74) is 3.47. The second-order valence-electron chi connectivity index (χ2n) is 14.9. The number of nitrogens with zero attached hydrogens (tertiary/aromatic N) is 5. The molecule has 2 aliphatic heterocycles. The van der Waals surface area contributed by atoms with E-state index < -0.39 is 52.6 Å². The number of nitrogens with one attached hydrogen (secondary N) is 1. The Morgan fingerprint density at radius 3 is 2.37 bits per heavy atom. The van der Waals surface area contributed by atoms with Crippen molar-refractivity contribution in [1.82, 2.24) is 25.2 Å². The number of benzene rings is 2. The lowest BCUT2D eigenvalue weighted by molar-refractivity contribution is -0.189. The summed E-state index contributed by atoms with van der Waals surface area (Å²) < 4.78 is 6.80. The van der Waals surface area contributed by atoms with E-state index in [1.54, 1.807) is 12.1 Å². The van der Waals surface area contributed by atoms with Gasteiger partial charge in [0.1, 0.15) is 17.3 Å². The van der Waals surface area contributed by atoms with Crippen molar-refractivity contribution >= 4 is 45.9 Å². The second-order valence-corrected chi connectivity index (χ2v) is 14.9. The standard InChI is InChI=1S/C38H45N7O7/c39-33(47)32(46)37(15-7-2-8-16-37)42-35(49)30-19-28(45-31(20-40-43-45)38(51)22-52-23-38)21-44(30)36(50)29(17-24-9-3-1-4-10-24)41-34(48)27-14-13-25-11-5-6-12-26(25)18-27/h5-6,11-14,18,20,24,28,30,51H,1-4,7-10,15-17,19,21-23H2,(H2,39,47)(H,42,49)/t28-,30-/m0/s1. The molecule has 4 N–H and O–H groups in total. The molecule has 14 nitrogen and oxygen atoms in total. The Kier molecular flexibility index (Phi) is 10.0. The lowest BCUT2D eigenvalue weighted by Gasteiger charge is -2.37. The number of fused-ring (bicyclic) bond motifs is 1. The van der Waals surface area contributed by atoms with Crippen molar-refractivity contribution in [2.24, 2.45) is 16.6 Å². The van der Waals surface area contributed by atoms with Gasteiger partial charge in [-0.25, -0.2) is 9.67 Å². The molecule has 0 radical (unpaired) electrons. The Hall–Kier alpha value is -4.82. The number of likely N-dealkylation sites (tertiary alicyclic amines) is 1. The number of nitrogens with two attached hydrogens (primary N) is 1. The fourth-order valence-corrected chi connectivity index (χ4v) is 8.39. The van der Waals surface area contributed by atoms with Gasteiger partial charge < -0.3 is 25.8 Å². The number of aromatic nitrogens is 3. The van der Waals surface area contributed by atoms with E-state index in [4.69, 9.17) is 10.5 Å². The molecule has 2 saturated carbocycles. The molecular formula is C38H45N7O7. The molecule has 1 aromatic heterocycles. The van der Waals surface area contributed by atoms with Crippen molar-refractivity contribution in [2.45, 2.75) is 100 Å². The smallest absolute Gasteiger partial charge is 0.287 e. The number of carbonyl (C=O) groups is 5. The van der Waals surface area contributed by atoms with Gasteiger partial charge in [0.15, 0.2) is 5.60 Å². The van der Waals surface area contributed by atoms with Crippen LogP contribution in [0.15, 0.2) is 53.7 Å². The first-order valence-corrected chi connectivity index (χ1v) is 18.4. The van der Waals surface area contributed by atoms with Crippen molar-refractivity contribution in [3.63, 3.8) is 0 Å². The van der Waals surface area contributed by atoms with E-state index in [1.165, 1.54) is 15.8 Å². The first-order valence-electron chi connectivity index (χ1n) is 18.4. The minimum absolute atomic E-state index is 0.00512. The summed E-state index contributed by atoms with van der Waals surface area (Å²) >= 11 is 0. The molecule has 4 fully saturated rings. The first-order chi connectivity index (χ1) is 25.1. The number of Topliss-reactive ketones (excluding diaryl/α,β-unsaturated/α-hetero) is 1. The molecule has 2 aliphatic carbocycles. The van der Waals surface area contributed by atoms with Gasteiger partial charge in [-0.3, -0.25) is 24.0 Å². The third kappa shape index (κ3) is 7.01. The zero-order valence-electron chi connectivity index (χ0n) is 29.2. The van der Waals surface area contributed by atoms with Crippen LogP contribution >= 0.6 is 0 Å². The van der Waals surface area contributed by atoms with Crippen LogP contribution < -0.4 is 11.1 Å². The van der Waals surface area contributed by atoms with Crippen LogP contribution in [0, 0.1) is 5.92 Å². The molecule has 2 aromatic carbocycles. The van der Waals surface area contributed by atoms with Gasteiger partial charge in [-0.1, -0.05) is 86.9 Å². The molecule has 2 atom stereocenters. The van der Waals surface area contributed by atoms with Crippen molar-refractivity contribution in [3.05, 3.63) is 59.9 Å². The quantitative estimate of drug-likeness (QED) is 0.209. The van der Waals surface area contributed by atoms with Crippen LogP contribution in [0.4, 0.5) is 0 Å². The highest BCUT2D eigenvalue weighted by molar-refractivity contribution is 6.41. The average Bonchev–Trinajstić information content (AvgIpc) is 3.82. The molecule has 3 heterocycles. The molecule has 4 amide bonds. The van der Waals surface area contributed by atoms with Crippen LogP contribution in [-0.4, -0.2) is 91.5 Å². The number of ketones is 1. The molecule has 0 spiro atoms. The summed E-state index contributed by atoms with van der Waals surface area (Å²) in [7, 11) is 0. The monoisotopic (exact) mass is 711 g/mol. The Labute approximate surface area is 301 Å². The Morgan fingerprint density at radius 2 is 1.67 bits per heavy atom. The van der Waals surface area contributed by atoms with Gasteiger partial charge in [0, 0.05) is 18.5 Å². The molecule has 2 saturated heterocycles. The number of ether oxygens (including phenoxy) is 1. The Balaban J connectivity index is 1.24. The van der Waals surface area contributed by atoms with Gasteiger partial charge in [-0.05, 0) is 48.1 Å². The number of amides is 4. The first kappa shape index (κ1) is 35.6. The third-order valence-corrected chi connectivity index (χ3v) is 11.3. The number of rotatable bonds is 10. The summed E-state index contributed by atoms with van der Waals surface area (Å²) in [6, 6.07) is 11.2. The van der Waals surface area contributed by atoms with E-state index in [1.807, 2.05) is 30.3 Å². The summed E-state index contributed by atoms with van der Waals surface area (Å²) in [6.07, 6.45) is 9.28. The summed E-state index contributed by atoms with van der Waals surface area (Å²) in [5, 5.41) is 24.1. The second kappa shape index (κ2) is 14.7. The zero-order valence-corrected chi connectivity index (χ0v) is 29.2. The van der Waals surface area contributed by atoms with E-state index in [0.717, 1.165) is 49.3 Å². The molecule has 14 heteroatoms. The highest BCUT2D eigenvalue weighted by Crippen LogP contribution is 2.36. The van der Waals surface area contributed by atoms with Gasteiger partial charge in [0.2, 0.25) is 11.7 Å². The molecule has 274 valence electrons. The molecule has 0 bridgehead atoms. The zero-order chi connectivity index (χ0) is 36.5. The van der Waals surface area contributed by atoms with Crippen LogP contribution in [0.1, 0.15) is 99.1 Å². The van der Waals surface area contributed by atoms with Gasteiger partial charge in [0.05, 0.1) is 31.1 Å². The van der Waals surface area contributed by atoms with Gasteiger partial charge in [-0.15, -0.1) is 5.10 Å². The minimum Gasteiger partial charge on any atom is -0.379 e. The number of aliphatic hydroxyl groups is 1. The SMILES string of the molecule is NC(=O)C(=O)C1(NC(=O)[C@@H]2C[C@H](n3nncc3C3(O)COC3)CN2C(=O)C(CC2CCCCC2)=NC(=O)c2ccc3ccccc3c2)CCCCC1. The fraction of sp³-hybridized carbons (Fsp3) is 0.526. The van der Waals surface area contributed by atoms with Gasteiger partial charge in [-0.2, -0.15) is 0 Å². The highest BCUT2D eigenvalue weighted by Gasteiger charge is 2.50. The Bertz CT molecular complexity index is 1910. The molecular weight excluding hydrogens is 666 g/mol. The fourth-order valence-electron chi connectivity index (χ4n) is 8.39. The van der Waals surface area contributed by atoms with Crippen LogP contribution in [-0.2, 0) is 29.5 Å². The molecule has 7 rings (SSSR count). The maximum atomic E-state index is 14.8.